The van der Waals surface area contributed by atoms with E-state index < -0.39 is 0 Å². The Balaban J connectivity index is 3.91. The standard InChI is InChI=1S/C5H10N2OS/c1-4(8)7-5(6-2)9-3/h1-3H3,(H,6,7,8). The normalized spacial score (nSPS) is 11.2. The highest BCUT2D eigenvalue weighted by Crippen LogP contribution is 1.92. The van der Waals surface area contributed by atoms with Crippen LogP contribution in [0.2, 0.25) is 0 Å². The topological polar surface area (TPSA) is 41.5 Å². The van der Waals surface area contributed by atoms with E-state index in [9.17, 15) is 4.79 Å². The molecule has 0 aromatic rings. The molecule has 0 radical (unpaired) electrons. The van der Waals surface area contributed by atoms with Gasteiger partial charge in [0.2, 0.25) is 5.91 Å². The minimum absolute atomic E-state index is 0.173. The van der Waals surface area contributed by atoms with Gasteiger partial charge in [-0.05, 0) is 6.26 Å². The van der Waals surface area contributed by atoms with Crippen LogP contribution in [-0.4, -0.2) is 24.4 Å². The zero-order valence-electron chi connectivity index (χ0n) is 5.76. The zero-order valence-corrected chi connectivity index (χ0v) is 6.58. The molecular formula is C5H10N2OS. The molecule has 0 atom stereocenters. The molecule has 0 bridgehead atoms. The Hall–Kier alpha value is -0.510. The highest BCUT2D eigenvalue weighted by atomic mass is 32.2. The van der Waals surface area contributed by atoms with E-state index >= 15 is 0 Å². The molecule has 0 aliphatic carbocycles. The smallest absolute Gasteiger partial charge is 0.244 e. The number of amides is 1. The fraction of sp³-hybridized carbons (Fsp3) is 0.600. The first-order valence-corrected chi connectivity index (χ1v) is 3.74. The van der Waals surface area contributed by atoms with Gasteiger partial charge in [-0.25, -0.2) is 0 Å². The first kappa shape index (κ1) is 8.49. The Morgan fingerprint density at radius 2 is 2.22 bits per heavy atom. The van der Waals surface area contributed by atoms with E-state index in [-0.39, 0.29) is 5.91 Å². The van der Waals surface area contributed by atoms with Gasteiger partial charge in [-0.15, -0.1) is 0 Å². The molecular weight excluding hydrogens is 136 g/mol. The van der Waals surface area contributed by atoms with Gasteiger partial charge in [0.1, 0.15) is 0 Å². The summed E-state index contributed by atoms with van der Waals surface area (Å²) < 4.78 is 0. The molecule has 0 rings (SSSR count). The van der Waals surface area contributed by atoms with E-state index in [4.69, 9.17) is 0 Å². The van der Waals surface area contributed by atoms with Crippen molar-refractivity contribution in [2.45, 2.75) is 6.92 Å². The van der Waals surface area contributed by atoms with Crippen LogP contribution in [-0.2, 0) is 4.79 Å². The molecule has 0 aromatic heterocycles. The summed E-state index contributed by atoms with van der Waals surface area (Å²) in [5.41, 5.74) is 0. The Morgan fingerprint density at radius 1 is 1.67 bits per heavy atom. The van der Waals surface area contributed by atoms with Crippen molar-refractivity contribution in [3.05, 3.63) is 0 Å². The van der Waals surface area contributed by atoms with Gasteiger partial charge in [0, 0.05) is 14.0 Å². The van der Waals surface area contributed by atoms with E-state index in [1.165, 1.54) is 18.7 Å². The highest BCUT2D eigenvalue weighted by Gasteiger charge is 1.91. The van der Waals surface area contributed by atoms with Crippen LogP contribution < -0.4 is 5.32 Å². The molecule has 0 saturated heterocycles. The quantitative estimate of drug-likeness (QED) is 0.399. The van der Waals surface area contributed by atoms with Gasteiger partial charge in [-0.3, -0.25) is 4.79 Å². The van der Waals surface area contributed by atoms with Gasteiger partial charge in [-0.1, -0.05) is 11.8 Å². The number of amidine groups is 1. The predicted molar refractivity (Wildman–Crippen MR) is 40.7 cm³/mol. The van der Waals surface area contributed by atoms with Crippen LogP contribution in [0.3, 0.4) is 0 Å². The second-order valence-corrected chi connectivity index (χ2v) is 2.19. The molecule has 52 valence electrons. The second kappa shape index (κ2) is 4.38. The molecule has 0 fully saturated rings. The largest absolute Gasteiger partial charge is 0.368 e. The van der Waals surface area contributed by atoms with E-state index in [1.807, 2.05) is 6.26 Å². The van der Waals surface area contributed by atoms with Crippen LogP contribution in [0.5, 0.6) is 0 Å². The first-order chi connectivity index (χ1) is 4.20. The number of hydrogen-bond donors (Lipinski definition) is 1. The molecule has 0 heterocycles. The number of nitrogens with one attached hydrogen (secondary N) is 1. The van der Waals surface area contributed by atoms with Gasteiger partial charge >= 0.3 is 0 Å². The van der Waals surface area contributed by atoms with Crippen molar-refractivity contribution in [3.63, 3.8) is 0 Å². The molecule has 9 heavy (non-hydrogen) atoms. The van der Waals surface area contributed by atoms with E-state index in [0.29, 0.717) is 5.17 Å². The summed E-state index contributed by atoms with van der Waals surface area (Å²) >= 11 is 1.42. The summed E-state index contributed by atoms with van der Waals surface area (Å²) in [6, 6.07) is 0. The van der Waals surface area contributed by atoms with Gasteiger partial charge in [-0.2, -0.15) is 4.99 Å². The van der Waals surface area contributed by atoms with Gasteiger partial charge < -0.3 is 5.32 Å². The van der Waals surface area contributed by atoms with Crippen molar-refractivity contribution in [1.29, 1.82) is 0 Å². The highest BCUT2D eigenvalue weighted by molar-refractivity contribution is 8.13. The van der Waals surface area contributed by atoms with E-state index in [1.54, 1.807) is 7.05 Å². The Labute approximate surface area is 58.9 Å². The number of carbonyl (C=O) groups is 1. The van der Waals surface area contributed by atoms with Crippen molar-refractivity contribution < 1.29 is 4.79 Å². The van der Waals surface area contributed by atoms with Crippen molar-refractivity contribution >= 4 is 22.8 Å². The minimum atomic E-state index is -0.173. The first-order valence-electron chi connectivity index (χ1n) is 2.51. The molecule has 4 heteroatoms. The van der Waals surface area contributed by atoms with Crippen molar-refractivity contribution in [2.75, 3.05) is 13.3 Å². The second-order valence-electron chi connectivity index (χ2n) is 1.39. The average Bonchev–Trinajstić information content (AvgIpc) is 1.82. The van der Waals surface area contributed by atoms with Crippen molar-refractivity contribution in [1.82, 2.24) is 5.32 Å². The fourth-order valence-corrected chi connectivity index (χ4v) is 0.771. The number of nitrogens with zero attached hydrogens (tertiary/aromatic N) is 1. The third-order valence-electron chi connectivity index (χ3n) is 0.666. The van der Waals surface area contributed by atoms with Crippen molar-refractivity contribution in [2.24, 2.45) is 4.99 Å². The molecule has 1 N–H and O–H groups in total. The monoisotopic (exact) mass is 146 g/mol. The molecule has 3 nitrogen and oxygen atoms in total. The third kappa shape index (κ3) is 4.02. The lowest BCUT2D eigenvalue weighted by atomic mass is 10.7. The van der Waals surface area contributed by atoms with Crippen LogP contribution in [0.25, 0.3) is 0 Å². The zero-order chi connectivity index (χ0) is 7.28. The number of thioether (sulfide) groups is 1. The van der Waals surface area contributed by atoms with Gasteiger partial charge in [0.05, 0.1) is 0 Å². The lowest BCUT2D eigenvalue weighted by molar-refractivity contribution is -0.115. The van der Waals surface area contributed by atoms with Gasteiger partial charge in [0.25, 0.3) is 0 Å². The maximum atomic E-state index is 10.3. The van der Waals surface area contributed by atoms with Crippen LogP contribution >= 0.6 is 11.8 Å². The van der Waals surface area contributed by atoms with Crippen LogP contribution in [0.15, 0.2) is 4.99 Å². The minimum Gasteiger partial charge on any atom is -0.368 e. The fourth-order valence-electron chi connectivity index (χ4n) is 0.347. The van der Waals surface area contributed by atoms with Crippen molar-refractivity contribution in [3.8, 4) is 0 Å². The lowest BCUT2D eigenvalue weighted by Gasteiger charge is -1.96. The summed E-state index contributed by atoms with van der Waals surface area (Å²) in [6.45, 7) is 1.42. The number of aliphatic imine (C=N–C) groups is 1. The Kier molecular flexibility index (Phi) is 4.13. The maximum absolute atomic E-state index is 10.3. The third-order valence-corrected chi connectivity index (χ3v) is 1.35. The summed E-state index contributed by atoms with van der Waals surface area (Å²) in [4.78, 5) is 14.0. The summed E-state index contributed by atoms with van der Waals surface area (Å²) in [5, 5.41) is 3.43. The molecule has 1 amide bonds. The average molecular weight is 146 g/mol. The number of carbonyl (C=O) groups excluding carboxylic acids is 1. The number of rotatable bonds is 0. The van der Waals surface area contributed by atoms with Crippen LogP contribution in [0, 0.1) is 0 Å². The summed E-state index contributed by atoms with van der Waals surface area (Å²) in [7, 11) is 1.73. The maximum Gasteiger partial charge on any atom is 0.244 e. The summed E-state index contributed by atoms with van der Waals surface area (Å²) in [5.74, 6) is -0.173. The van der Waals surface area contributed by atoms with E-state index in [0.717, 1.165) is 0 Å². The molecule has 0 aromatic carbocycles. The Bertz CT molecular complexity index is 127. The molecule has 0 unspecified atom stereocenters. The Morgan fingerprint density at radius 3 is 2.33 bits per heavy atom. The molecule has 0 saturated carbocycles. The molecule has 0 aliphatic heterocycles. The number of hydrogen-bond acceptors (Lipinski definition) is 2. The lowest BCUT2D eigenvalue weighted by Crippen LogP contribution is -2.14. The van der Waals surface area contributed by atoms with Crippen LogP contribution in [0.1, 0.15) is 6.92 Å². The molecule has 0 aliphatic rings. The van der Waals surface area contributed by atoms with Gasteiger partial charge in [0.15, 0.2) is 5.17 Å². The predicted octanol–water partition coefficient (Wildman–Crippen LogP) is 0.471. The summed E-state index contributed by atoms with van der Waals surface area (Å²) in [6.07, 6.45) is 1.86. The van der Waals surface area contributed by atoms with Crippen LogP contribution in [0.4, 0.5) is 0 Å². The SMILES string of the molecule is CN/C(=N/C(C)=O)SC. The molecule has 0 spiro atoms. The van der Waals surface area contributed by atoms with E-state index in [2.05, 4.69) is 10.3 Å².